The number of nitrogens with two attached hydrogens (primary N) is 1. The highest BCUT2D eigenvalue weighted by Crippen LogP contribution is 2.41. The Kier molecular flexibility index (Phi) is 6.90. The maximum absolute atomic E-state index is 12.7. The number of hydrogen-bond donors (Lipinski definition) is 2. The molecule has 0 bridgehead atoms. The average Bonchev–Trinajstić information content (AvgIpc) is 3.26. The van der Waals surface area contributed by atoms with E-state index in [2.05, 4.69) is 4.72 Å². The van der Waals surface area contributed by atoms with E-state index in [4.69, 9.17) is 5.73 Å². The molecule has 24 heavy (non-hydrogen) atoms. The van der Waals surface area contributed by atoms with E-state index in [1.807, 2.05) is 4.90 Å². The van der Waals surface area contributed by atoms with Gasteiger partial charge in [0, 0.05) is 32.2 Å². The maximum Gasteiger partial charge on any atom is 0.279 e. The Bertz CT molecular complexity index is 533. The van der Waals surface area contributed by atoms with E-state index in [9.17, 15) is 13.2 Å². The van der Waals surface area contributed by atoms with Gasteiger partial charge >= 0.3 is 0 Å². The molecule has 140 valence electrons. The number of hydrogen-bond acceptors (Lipinski definition) is 4. The van der Waals surface area contributed by atoms with Crippen LogP contribution in [0, 0.1) is 11.8 Å². The van der Waals surface area contributed by atoms with Crippen LogP contribution >= 0.6 is 12.4 Å². The minimum atomic E-state index is -3.44. The standard InChI is InChI=1S/C15H28N4O3S.ClH/c16-15(20)11-18-9-13(12-5-6-12)14(10-18)17-23(21,22)19-7-3-1-2-4-8-19;/h12-14,17H,1-11H2,(H2,16,20);1H/t13-,14+;/m1./s1. The third-order valence-corrected chi connectivity index (χ3v) is 6.90. The predicted molar refractivity (Wildman–Crippen MR) is 95.0 cm³/mol. The number of carbonyl (C=O) groups excluding carboxylic acids is 1. The summed E-state index contributed by atoms with van der Waals surface area (Å²) in [5.74, 6) is 0.538. The van der Waals surface area contributed by atoms with Crippen LogP contribution < -0.4 is 10.5 Å². The van der Waals surface area contributed by atoms with Gasteiger partial charge in [-0.3, -0.25) is 9.69 Å². The van der Waals surface area contributed by atoms with Gasteiger partial charge in [0.1, 0.15) is 0 Å². The van der Waals surface area contributed by atoms with Crippen LogP contribution in [0.4, 0.5) is 0 Å². The van der Waals surface area contributed by atoms with Crippen LogP contribution in [-0.4, -0.2) is 62.3 Å². The summed E-state index contributed by atoms with van der Waals surface area (Å²) in [7, 11) is -3.44. The van der Waals surface area contributed by atoms with Crippen LogP contribution in [-0.2, 0) is 15.0 Å². The second-order valence-corrected chi connectivity index (χ2v) is 8.91. The second-order valence-electron chi connectivity index (χ2n) is 7.20. The zero-order chi connectivity index (χ0) is 16.4. The zero-order valence-corrected chi connectivity index (χ0v) is 15.7. The number of nitrogens with one attached hydrogen (secondary N) is 1. The van der Waals surface area contributed by atoms with Crippen molar-refractivity contribution in [2.45, 2.75) is 44.6 Å². The quantitative estimate of drug-likeness (QED) is 0.693. The molecule has 3 fully saturated rings. The fourth-order valence-electron chi connectivity index (χ4n) is 3.94. The molecule has 9 heteroatoms. The smallest absolute Gasteiger partial charge is 0.279 e. The number of likely N-dealkylation sites (tertiary alicyclic amines) is 1. The van der Waals surface area contributed by atoms with Gasteiger partial charge in [0.05, 0.1) is 6.54 Å². The molecule has 2 heterocycles. The van der Waals surface area contributed by atoms with Crippen LogP contribution in [0.5, 0.6) is 0 Å². The van der Waals surface area contributed by atoms with Gasteiger partial charge in [-0.2, -0.15) is 17.4 Å². The van der Waals surface area contributed by atoms with E-state index in [0.29, 0.717) is 31.5 Å². The Morgan fingerprint density at radius 1 is 1.08 bits per heavy atom. The molecule has 7 nitrogen and oxygen atoms in total. The van der Waals surface area contributed by atoms with Crippen molar-refractivity contribution in [3.63, 3.8) is 0 Å². The third-order valence-electron chi connectivity index (χ3n) is 5.25. The molecular formula is C15H29ClN4O3S. The first-order chi connectivity index (χ1) is 11.0. The van der Waals surface area contributed by atoms with Gasteiger partial charge in [-0.1, -0.05) is 12.8 Å². The molecule has 2 saturated heterocycles. The Balaban J connectivity index is 0.00000208. The molecule has 1 aliphatic carbocycles. The molecule has 3 N–H and O–H groups in total. The van der Waals surface area contributed by atoms with Crippen molar-refractivity contribution in [2.75, 3.05) is 32.7 Å². The monoisotopic (exact) mass is 380 g/mol. The number of amides is 1. The molecule has 1 saturated carbocycles. The molecule has 0 aromatic carbocycles. The Morgan fingerprint density at radius 2 is 1.71 bits per heavy atom. The third kappa shape index (κ3) is 5.05. The van der Waals surface area contributed by atoms with Crippen LogP contribution in [0.1, 0.15) is 38.5 Å². The largest absolute Gasteiger partial charge is 0.369 e. The van der Waals surface area contributed by atoms with E-state index in [-0.39, 0.29) is 30.9 Å². The van der Waals surface area contributed by atoms with E-state index < -0.39 is 10.2 Å². The lowest BCUT2D eigenvalue weighted by atomic mass is 9.99. The summed E-state index contributed by atoms with van der Waals surface area (Å²) in [5, 5.41) is 0. The van der Waals surface area contributed by atoms with Gasteiger partial charge < -0.3 is 5.73 Å². The highest BCUT2D eigenvalue weighted by molar-refractivity contribution is 7.87. The lowest BCUT2D eigenvalue weighted by Crippen LogP contribution is -2.49. The number of primary amides is 1. The van der Waals surface area contributed by atoms with Crippen molar-refractivity contribution in [1.29, 1.82) is 0 Å². The average molecular weight is 381 g/mol. The normalized spacial score (nSPS) is 29.8. The highest BCUT2D eigenvalue weighted by atomic mass is 35.5. The summed E-state index contributed by atoms with van der Waals surface area (Å²) in [6, 6.07) is -0.102. The zero-order valence-electron chi connectivity index (χ0n) is 14.0. The van der Waals surface area contributed by atoms with Gasteiger partial charge in [-0.25, -0.2) is 0 Å². The Labute approximate surface area is 150 Å². The van der Waals surface area contributed by atoms with Crippen LogP contribution in [0.15, 0.2) is 0 Å². The first kappa shape index (κ1) is 19.9. The highest BCUT2D eigenvalue weighted by Gasteiger charge is 2.44. The topological polar surface area (TPSA) is 95.7 Å². The first-order valence-electron chi connectivity index (χ1n) is 8.74. The summed E-state index contributed by atoms with van der Waals surface area (Å²) in [5.41, 5.74) is 5.29. The van der Waals surface area contributed by atoms with Gasteiger partial charge in [-0.15, -0.1) is 12.4 Å². The fourth-order valence-corrected chi connectivity index (χ4v) is 5.46. The summed E-state index contributed by atoms with van der Waals surface area (Å²) in [6.45, 7) is 2.78. The SMILES string of the molecule is Cl.NC(=O)CN1C[C@H](NS(=O)(=O)N2CCCCCC2)[C@@H](C2CC2)C1. The minimum Gasteiger partial charge on any atom is -0.369 e. The van der Waals surface area contributed by atoms with E-state index in [1.54, 1.807) is 4.31 Å². The van der Waals surface area contributed by atoms with Crippen molar-refractivity contribution in [2.24, 2.45) is 17.6 Å². The molecule has 2 atom stereocenters. The molecular weight excluding hydrogens is 352 g/mol. The molecule has 1 amide bonds. The summed E-state index contributed by atoms with van der Waals surface area (Å²) in [6.07, 6.45) is 6.41. The molecule has 0 aromatic rings. The van der Waals surface area contributed by atoms with Crippen LogP contribution in [0.3, 0.4) is 0 Å². The van der Waals surface area contributed by atoms with Gasteiger partial charge in [0.25, 0.3) is 10.2 Å². The first-order valence-corrected chi connectivity index (χ1v) is 10.2. The number of carbonyl (C=O) groups is 1. The fraction of sp³-hybridized carbons (Fsp3) is 0.933. The summed E-state index contributed by atoms with van der Waals surface area (Å²) >= 11 is 0. The van der Waals surface area contributed by atoms with Crippen molar-refractivity contribution >= 4 is 28.5 Å². The van der Waals surface area contributed by atoms with Crippen LogP contribution in [0.25, 0.3) is 0 Å². The second kappa shape index (κ2) is 8.31. The van der Waals surface area contributed by atoms with Crippen molar-refractivity contribution in [1.82, 2.24) is 13.9 Å². The van der Waals surface area contributed by atoms with E-state index in [0.717, 1.165) is 45.1 Å². The number of rotatable bonds is 6. The molecule has 0 radical (unpaired) electrons. The van der Waals surface area contributed by atoms with Crippen LogP contribution in [0.2, 0.25) is 0 Å². The van der Waals surface area contributed by atoms with Gasteiger partial charge in [0.2, 0.25) is 5.91 Å². The molecule has 3 aliphatic rings. The van der Waals surface area contributed by atoms with Gasteiger partial charge in [-0.05, 0) is 37.5 Å². The van der Waals surface area contributed by atoms with E-state index in [1.165, 1.54) is 0 Å². The summed E-state index contributed by atoms with van der Waals surface area (Å²) < 4.78 is 30.0. The summed E-state index contributed by atoms with van der Waals surface area (Å²) in [4.78, 5) is 13.1. The number of halogens is 1. The van der Waals surface area contributed by atoms with Crippen molar-refractivity contribution < 1.29 is 13.2 Å². The Morgan fingerprint density at radius 3 is 2.25 bits per heavy atom. The van der Waals surface area contributed by atoms with Crippen molar-refractivity contribution in [3.05, 3.63) is 0 Å². The molecule has 0 spiro atoms. The predicted octanol–water partition coefficient (Wildman–Crippen LogP) is 0.314. The van der Waals surface area contributed by atoms with Crippen molar-refractivity contribution in [3.8, 4) is 0 Å². The lowest BCUT2D eigenvalue weighted by molar-refractivity contribution is -0.118. The van der Waals surface area contributed by atoms with Gasteiger partial charge in [0.15, 0.2) is 0 Å². The van der Waals surface area contributed by atoms with E-state index >= 15 is 0 Å². The lowest BCUT2D eigenvalue weighted by Gasteiger charge is -2.25. The maximum atomic E-state index is 12.7. The Hall–Kier alpha value is -0.410. The molecule has 2 aliphatic heterocycles. The molecule has 0 unspecified atom stereocenters. The molecule has 3 rings (SSSR count). The number of nitrogens with zero attached hydrogens (tertiary/aromatic N) is 2. The minimum absolute atomic E-state index is 0. The molecule has 0 aromatic heterocycles.